The quantitative estimate of drug-likeness (QED) is 0.394. The summed E-state index contributed by atoms with van der Waals surface area (Å²) in [5, 5.41) is 9.90. The van der Waals surface area contributed by atoms with Gasteiger partial charge in [0.2, 0.25) is 0 Å². The second-order valence-electron chi connectivity index (χ2n) is 8.10. The summed E-state index contributed by atoms with van der Waals surface area (Å²) >= 11 is 6.01. The maximum absolute atomic E-state index is 13.5. The van der Waals surface area contributed by atoms with Gasteiger partial charge < -0.3 is 9.84 Å². The van der Waals surface area contributed by atoms with Crippen LogP contribution in [0.5, 0.6) is 5.75 Å². The van der Waals surface area contributed by atoms with Crippen molar-refractivity contribution in [2.45, 2.75) is 25.7 Å². The lowest BCUT2D eigenvalue weighted by Gasteiger charge is -2.17. The third-order valence-electron chi connectivity index (χ3n) is 5.67. The molecule has 4 rings (SSSR count). The molecule has 0 amide bonds. The Labute approximate surface area is 208 Å². The molecular weight excluding hydrogens is 499 g/mol. The third-order valence-corrected chi connectivity index (χ3v) is 5.93. The summed E-state index contributed by atoms with van der Waals surface area (Å²) in [7, 11) is 1.48. The second kappa shape index (κ2) is 10.2. The fourth-order valence-electron chi connectivity index (χ4n) is 4.04. The molecule has 188 valence electrons. The number of rotatable bonds is 7. The van der Waals surface area contributed by atoms with Gasteiger partial charge in [-0.1, -0.05) is 35.9 Å². The molecule has 0 radical (unpaired) electrons. The topological polar surface area (TPSA) is 86.3 Å². The Kier molecular flexibility index (Phi) is 7.18. The molecule has 0 atom stereocenters. The van der Waals surface area contributed by atoms with Crippen molar-refractivity contribution in [2.75, 3.05) is 6.61 Å². The van der Waals surface area contributed by atoms with E-state index in [0.717, 1.165) is 10.1 Å². The maximum Gasteiger partial charge on any atom is 0.573 e. The number of hydrogen-bond acceptors (Lipinski definition) is 5. The minimum Gasteiger partial charge on any atom is -0.406 e. The van der Waals surface area contributed by atoms with Gasteiger partial charge in [-0.3, -0.25) is 13.9 Å². The van der Waals surface area contributed by atoms with Crippen molar-refractivity contribution in [3.05, 3.63) is 91.7 Å². The van der Waals surface area contributed by atoms with E-state index in [1.807, 2.05) is 0 Å². The first-order valence-corrected chi connectivity index (χ1v) is 11.3. The lowest BCUT2D eigenvalue weighted by atomic mass is 9.94. The van der Waals surface area contributed by atoms with Gasteiger partial charge in [-0.05, 0) is 53.8 Å². The van der Waals surface area contributed by atoms with Gasteiger partial charge in [-0.25, -0.2) is 9.78 Å². The molecule has 0 unspecified atom stereocenters. The molecule has 0 saturated carbocycles. The van der Waals surface area contributed by atoms with Crippen molar-refractivity contribution in [3.63, 3.8) is 0 Å². The molecule has 0 fully saturated rings. The molecule has 2 aromatic carbocycles. The Morgan fingerprint density at radius 3 is 2.50 bits per heavy atom. The number of pyridine rings is 1. The Morgan fingerprint density at radius 1 is 1.11 bits per heavy atom. The van der Waals surface area contributed by atoms with Crippen molar-refractivity contribution in [2.24, 2.45) is 7.05 Å². The van der Waals surface area contributed by atoms with Gasteiger partial charge in [0.1, 0.15) is 11.4 Å². The highest BCUT2D eigenvalue weighted by molar-refractivity contribution is 6.30. The Bertz CT molecular complexity index is 1530. The van der Waals surface area contributed by atoms with Gasteiger partial charge in [0.15, 0.2) is 0 Å². The van der Waals surface area contributed by atoms with E-state index in [4.69, 9.17) is 11.6 Å². The molecule has 0 spiro atoms. The normalized spacial score (nSPS) is 11.7. The molecule has 0 aliphatic carbocycles. The number of nitrogens with zero attached hydrogens (tertiary/aromatic N) is 3. The number of aliphatic hydroxyl groups is 1. The van der Waals surface area contributed by atoms with Crippen molar-refractivity contribution in [1.29, 1.82) is 0 Å². The number of hydrogen-bond donors (Lipinski definition) is 1. The van der Waals surface area contributed by atoms with Crippen LogP contribution < -0.4 is 16.0 Å². The lowest BCUT2D eigenvalue weighted by Crippen LogP contribution is -2.40. The molecule has 11 heteroatoms. The van der Waals surface area contributed by atoms with Gasteiger partial charge in [-0.15, -0.1) is 13.2 Å². The molecule has 2 aromatic heterocycles. The van der Waals surface area contributed by atoms with Gasteiger partial charge in [-0.2, -0.15) is 0 Å². The van der Waals surface area contributed by atoms with Crippen molar-refractivity contribution < 1.29 is 23.0 Å². The third kappa shape index (κ3) is 5.29. The Hall–Kier alpha value is -3.63. The smallest absolute Gasteiger partial charge is 0.406 e. The number of benzene rings is 2. The van der Waals surface area contributed by atoms with Crippen molar-refractivity contribution >= 4 is 22.6 Å². The van der Waals surface area contributed by atoms with Crippen LogP contribution in [-0.4, -0.2) is 32.2 Å². The van der Waals surface area contributed by atoms with Gasteiger partial charge in [0.05, 0.1) is 5.39 Å². The van der Waals surface area contributed by atoms with Crippen LogP contribution in [-0.2, 0) is 20.0 Å². The number of halogens is 4. The van der Waals surface area contributed by atoms with E-state index in [1.54, 1.807) is 30.3 Å². The van der Waals surface area contributed by atoms with E-state index in [9.17, 15) is 27.9 Å². The highest BCUT2D eigenvalue weighted by Gasteiger charge is 2.31. The molecule has 7 nitrogen and oxygen atoms in total. The minimum absolute atomic E-state index is 0.00251. The Balaban J connectivity index is 2.01. The van der Waals surface area contributed by atoms with Crippen LogP contribution in [0.1, 0.15) is 17.5 Å². The number of ether oxygens (including phenoxy) is 1. The zero-order valence-corrected chi connectivity index (χ0v) is 19.8. The van der Waals surface area contributed by atoms with Crippen LogP contribution in [0, 0.1) is 0 Å². The summed E-state index contributed by atoms with van der Waals surface area (Å²) in [6.45, 7) is -0.215. The van der Waals surface area contributed by atoms with Crippen LogP contribution in [0.3, 0.4) is 0 Å². The highest BCUT2D eigenvalue weighted by atomic mass is 35.5. The first-order chi connectivity index (χ1) is 17.1. The Morgan fingerprint density at radius 2 is 1.83 bits per heavy atom. The summed E-state index contributed by atoms with van der Waals surface area (Å²) in [5.41, 5.74) is 0.984. The molecule has 0 saturated heterocycles. The standard InChI is InChI=1S/C25H21ClF3N3O4/c1-31-22-21(23(34)32(24(31)35)10-3-11-33)19(12-15-6-8-17(26)9-7-15)20(14-30-22)16-4-2-5-18(13-16)36-25(27,28)29/h2,4-9,13-14,33H,3,10-12H2,1H3. The summed E-state index contributed by atoms with van der Waals surface area (Å²) < 4.78 is 44.8. The first-order valence-electron chi connectivity index (χ1n) is 10.9. The zero-order valence-electron chi connectivity index (χ0n) is 19.1. The molecular formula is C25H21ClF3N3O4. The minimum atomic E-state index is -4.87. The van der Waals surface area contributed by atoms with Crippen molar-refractivity contribution in [1.82, 2.24) is 14.1 Å². The van der Waals surface area contributed by atoms with E-state index in [2.05, 4.69) is 9.72 Å². The number of fused-ring (bicyclic) bond motifs is 1. The van der Waals surface area contributed by atoms with Crippen molar-refractivity contribution in [3.8, 4) is 16.9 Å². The van der Waals surface area contributed by atoms with Gasteiger partial charge in [0, 0.05) is 37.0 Å². The predicted molar refractivity (Wildman–Crippen MR) is 129 cm³/mol. The average molecular weight is 520 g/mol. The van der Waals surface area contributed by atoms with E-state index in [1.165, 1.54) is 36.0 Å². The lowest BCUT2D eigenvalue weighted by molar-refractivity contribution is -0.274. The fraction of sp³-hybridized carbons (Fsp3) is 0.240. The summed E-state index contributed by atoms with van der Waals surface area (Å²) in [4.78, 5) is 30.7. The number of aliphatic hydroxyl groups excluding tert-OH is 1. The van der Waals surface area contributed by atoms with E-state index in [0.29, 0.717) is 21.7 Å². The van der Waals surface area contributed by atoms with Crippen LogP contribution >= 0.6 is 11.6 Å². The summed E-state index contributed by atoms with van der Waals surface area (Å²) in [5.74, 6) is -0.418. The van der Waals surface area contributed by atoms with E-state index in [-0.39, 0.29) is 37.0 Å². The number of alkyl halides is 3. The highest BCUT2D eigenvalue weighted by Crippen LogP contribution is 2.33. The average Bonchev–Trinajstić information content (AvgIpc) is 2.83. The monoisotopic (exact) mass is 519 g/mol. The number of aryl methyl sites for hydroxylation is 1. The van der Waals surface area contributed by atoms with Crippen LogP contribution in [0.25, 0.3) is 22.2 Å². The molecule has 0 aliphatic heterocycles. The summed E-state index contributed by atoms with van der Waals surface area (Å²) in [6, 6.07) is 12.3. The van der Waals surface area contributed by atoms with Gasteiger partial charge in [0.25, 0.3) is 5.56 Å². The first kappa shape index (κ1) is 25.5. The molecule has 36 heavy (non-hydrogen) atoms. The molecule has 1 N–H and O–H groups in total. The van der Waals surface area contributed by atoms with E-state index >= 15 is 0 Å². The fourth-order valence-corrected chi connectivity index (χ4v) is 4.16. The molecule has 0 bridgehead atoms. The van der Waals surface area contributed by atoms with Crippen LogP contribution in [0.2, 0.25) is 5.02 Å². The van der Waals surface area contributed by atoms with E-state index < -0.39 is 23.4 Å². The molecule has 4 aromatic rings. The SMILES string of the molecule is Cn1c(=O)n(CCCO)c(=O)c2c(Cc3ccc(Cl)cc3)c(-c3cccc(OC(F)(F)F)c3)cnc21. The van der Waals surface area contributed by atoms with Gasteiger partial charge >= 0.3 is 12.1 Å². The predicted octanol–water partition coefficient (Wildman–Crippen LogP) is 4.29. The van der Waals surface area contributed by atoms with Crippen LogP contribution in [0.15, 0.2) is 64.3 Å². The summed E-state index contributed by atoms with van der Waals surface area (Å²) in [6.07, 6.45) is -3.04. The molecule has 2 heterocycles. The zero-order chi connectivity index (χ0) is 26.0. The maximum atomic E-state index is 13.5. The number of aromatic nitrogens is 3. The molecule has 0 aliphatic rings. The van der Waals surface area contributed by atoms with Crippen LogP contribution in [0.4, 0.5) is 13.2 Å². The largest absolute Gasteiger partial charge is 0.573 e. The second-order valence-corrected chi connectivity index (χ2v) is 8.54.